The average molecular weight is 330 g/mol. The van der Waals surface area contributed by atoms with E-state index in [0.29, 0.717) is 17.0 Å². The summed E-state index contributed by atoms with van der Waals surface area (Å²) in [6, 6.07) is 11.7. The van der Waals surface area contributed by atoms with Gasteiger partial charge in [0.05, 0.1) is 11.1 Å². The predicted molar refractivity (Wildman–Crippen MR) is 94.3 cm³/mol. The zero-order chi connectivity index (χ0) is 17.4. The smallest absolute Gasteiger partial charge is 0.337 e. The highest BCUT2D eigenvalue weighted by Crippen LogP contribution is 2.28. The highest BCUT2D eigenvalue weighted by Gasteiger charge is 2.13. The average Bonchev–Trinajstić information content (AvgIpc) is 3.07. The molecule has 0 saturated carbocycles. The Morgan fingerprint density at radius 3 is 2.64 bits per heavy atom. The number of carboxylic acids is 1. The van der Waals surface area contributed by atoms with Gasteiger partial charge in [0, 0.05) is 29.7 Å². The number of H-pyrrole nitrogens is 1. The van der Waals surface area contributed by atoms with Crippen LogP contribution in [0, 0.1) is 6.92 Å². The Morgan fingerprint density at radius 1 is 1.08 bits per heavy atom. The molecular formula is C19H14N4O2. The SMILES string of the molecule is Cc1ccc(-c2ccnc3nc(-c4cncc(C(=O)O)c4)[nH]c23)cc1. The molecule has 6 nitrogen and oxygen atoms in total. The summed E-state index contributed by atoms with van der Waals surface area (Å²) in [5.74, 6) is -0.485. The van der Waals surface area contributed by atoms with E-state index >= 15 is 0 Å². The van der Waals surface area contributed by atoms with E-state index in [1.165, 1.54) is 11.8 Å². The van der Waals surface area contributed by atoms with Crippen molar-refractivity contribution in [3.05, 3.63) is 66.1 Å². The van der Waals surface area contributed by atoms with Crippen molar-refractivity contribution in [2.45, 2.75) is 6.92 Å². The number of pyridine rings is 2. The van der Waals surface area contributed by atoms with Gasteiger partial charge in [-0.15, -0.1) is 0 Å². The van der Waals surface area contributed by atoms with Gasteiger partial charge in [0.2, 0.25) is 0 Å². The number of benzene rings is 1. The van der Waals surface area contributed by atoms with E-state index in [4.69, 9.17) is 5.11 Å². The predicted octanol–water partition coefficient (Wildman–Crippen LogP) is 3.69. The van der Waals surface area contributed by atoms with Crippen LogP contribution in [0.5, 0.6) is 0 Å². The minimum atomic E-state index is -1.02. The first-order valence-electron chi connectivity index (χ1n) is 7.72. The van der Waals surface area contributed by atoms with Gasteiger partial charge in [-0.05, 0) is 24.6 Å². The quantitative estimate of drug-likeness (QED) is 0.597. The summed E-state index contributed by atoms with van der Waals surface area (Å²) >= 11 is 0. The highest BCUT2D eigenvalue weighted by molar-refractivity contribution is 5.92. The molecule has 0 aliphatic carbocycles. The van der Waals surface area contributed by atoms with Gasteiger partial charge in [-0.3, -0.25) is 4.98 Å². The van der Waals surface area contributed by atoms with Crippen molar-refractivity contribution in [2.75, 3.05) is 0 Å². The van der Waals surface area contributed by atoms with Gasteiger partial charge < -0.3 is 10.1 Å². The molecule has 122 valence electrons. The van der Waals surface area contributed by atoms with Crippen LogP contribution in [0.4, 0.5) is 0 Å². The van der Waals surface area contributed by atoms with Crippen LogP contribution in [0.1, 0.15) is 15.9 Å². The highest BCUT2D eigenvalue weighted by atomic mass is 16.4. The van der Waals surface area contributed by atoms with E-state index in [1.54, 1.807) is 18.5 Å². The summed E-state index contributed by atoms with van der Waals surface area (Å²) in [5.41, 5.74) is 5.35. The second kappa shape index (κ2) is 5.83. The molecule has 6 heteroatoms. The standard InChI is InChI=1S/C19H14N4O2/c1-11-2-4-12(5-3-11)15-6-7-21-18-16(15)22-17(23-18)13-8-14(19(24)25)10-20-9-13/h2-10H,1H3,(H,24,25)(H,21,22,23). The van der Waals surface area contributed by atoms with Crippen LogP contribution in [-0.2, 0) is 0 Å². The van der Waals surface area contributed by atoms with Crippen LogP contribution in [0.15, 0.2) is 55.0 Å². The maximum atomic E-state index is 11.1. The first-order valence-corrected chi connectivity index (χ1v) is 7.72. The molecule has 0 amide bonds. The molecule has 0 aliphatic rings. The third kappa shape index (κ3) is 2.74. The molecule has 0 unspecified atom stereocenters. The Bertz CT molecular complexity index is 1080. The number of fused-ring (bicyclic) bond motifs is 1. The lowest BCUT2D eigenvalue weighted by Crippen LogP contribution is -1.97. The van der Waals surface area contributed by atoms with Gasteiger partial charge >= 0.3 is 5.97 Å². The van der Waals surface area contributed by atoms with Crippen molar-refractivity contribution in [1.29, 1.82) is 0 Å². The van der Waals surface area contributed by atoms with Crippen molar-refractivity contribution >= 4 is 17.1 Å². The first-order chi connectivity index (χ1) is 12.1. The number of hydrogen-bond acceptors (Lipinski definition) is 4. The third-order valence-electron chi connectivity index (χ3n) is 4.01. The lowest BCUT2D eigenvalue weighted by atomic mass is 10.0. The molecule has 0 aliphatic heterocycles. The van der Waals surface area contributed by atoms with Gasteiger partial charge in [-0.1, -0.05) is 29.8 Å². The van der Waals surface area contributed by atoms with Crippen LogP contribution >= 0.6 is 0 Å². The summed E-state index contributed by atoms with van der Waals surface area (Å²) in [6.07, 6.45) is 4.61. The lowest BCUT2D eigenvalue weighted by Gasteiger charge is -2.03. The van der Waals surface area contributed by atoms with Crippen molar-refractivity contribution in [1.82, 2.24) is 19.9 Å². The van der Waals surface area contributed by atoms with Crippen molar-refractivity contribution in [2.24, 2.45) is 0 Å². The minimum absolute atomic E-state index is 0.115. The maximum Gasteiger partial charge on any atom is 0.337 e. The van der Waals surface area contributed by atoms with E-state index in [9.17, 15) is 4.79 Å². The number of aryl methyl sites for hydroxylation is 1. The lowest BCUT2D eigenvalue weighted by molar-refractivity contribution is 0.0696. The molecule has 2 N–H and O–H groups in total. The molecule has 0 fully saturated rings. The molecule has 3 aromatic heterocycles. The largest absolute Gasteiger partial charge is 0.478 e. The molecule has 4 aromatic rings. The van der Waals surface area contributed by atoms with Crippen LogP contribution in [-0.4, -0.2) is 31.0 Å². The van der Waals surface area contributed by atoms with Gasteiger partial charge in [0.15, 0.2) is 5.65 Å². The third-order valence-corrected chi connectivity index (χ3v) is 4.01. The summed E-state index contributed by atoms with van der Waals surface area (Å²) in [5, 5.41) is 9.13. The van der Waals surface area contributed by atoms with Gasteiger partial charge in [0.1, 0.15) is 5.82 Å². The summed E-state index contributed by atoms with van der Waals surface area (Å²) in [4.78, 5) is 27.2. The summed E-state index contributed by atoms with van der Waals surface area (Å²) in [6.45, 7) is 2.04. The van der Waals surface area contributed by atoms with Gasteiger partial charge in [-0.25, -0.2) is 14.8 Å². The number of carboxylic acid groups (broad SMARTS) is 1. The number of hydrogen-bond donors (Lipinski definition) is 2. The molecule has 1 aromatic carbocycles. The van der Waals surface area contributed by atoms with E-state index in [-0.39, 0.29) is 5.56 Å². The molecule has 0 bridgehead atoms. The van der Waals surface area contributed by atoms with Crippen LogP contribution in [0.2, 0.25) is 0 Å². The number of carbonyl (C=O) groups is 1. The van der Waals surface area contributed by atoms with Crippen molar-refractivity contribution in [3.63, 3.8) is 0 Å². The van der Waals surface area contributed by atoms with E-state index < -0.39 is 5.97 Å². The van der Waals surface area contributed by atoms with E-state index in [0.717, 1.165) is 16.6 Å². The Kier molecular flexibility index (Phi) is 3.50. The van der Waals surface area contributed by atoms with Gasteiger partial charge in [-0.2, -0.15) is 0 Å². The fourth-order valence-corrected chi connectivity index (χ4v) is 2.71. The Labute approximate surface area is 143 Å². The number of rotatable bonds is 3. The second-order valence-electron chi connectivity index (χ2n) is 5.78. The molecule has 0 radical (unpaired) electrons. The van der Waals surface area contributed by atoms with Gasteiger partial charge in [0.25, 0.3) is 0 Å². The van der Waals surface area contributed by atoms with Crippen LogP contribution in [0.3, 0.4) is 0 Å². The molecule has 3 heterocycles. The topological polar surface area (TPSA) is 91.8 Å². The van der Waals surface area contributed by atoms with Crippen molar-refractivity contribution < 1.29 is 9.90 Å². The Morgan fingerprint density at radius 2 is 1.88 bits per heavy atom. The zero-order valence-electron chi connectivity index (χ0n) is 13.4. The molecule has 0 atom stereocenters. The fourth-order valence-electron chi connectivity index (χ4n) is 2.71. The molecular weight excluding hydrogens is 316 g/mol. The first kappa shape index (κ1) is 15.0. The number of aromatic amines is 1. The normalized spacial score (nSPS) is 10.9. The molecule has 25 heavy (non-hydrogen) atoms. The number of imidazole rings is 1. The molecule has 0 spiro atoms. The number of nitrogens with one attached hydrogen (secondary N) is 1. The van der Waals surface area contributed by atoms with Crippen LogP contribution < -0.4 is 0 Å². The molecule has 4 rings (SSSR count). The monoisotopic (exact) mass is 330 g/mol. The number of nitrogens with zero attached hydrogens (tertiary/aromatic N) is 3. The zero-order valence-corrected chi connectivity index (χ0v) is 13.4. The Balaban J connectivity index is 1.86. The van der Waals surface area contributed by atoms with Crippen molar-refractivity contribution in [3.8, 4) is 22.5 Å². The van der Waals surface area contributed by atoms with E-state index in [2.05, 4.69) is 44.2 Å². The Hall–Kier alpha value is -3.54. The number of aromatic carboxylic acids is 1. The van der Waals surface area contributed by atoms with E-state index in [1.807, 2.05) is 13.0 Å². The maximum absolute atomic E-state index is 11.1. The second-order valence-corrected chi connectivity index (χ2v) is 5.78. The molecule has 0 saturated heterocycles. The minimum Gasteiger partial charge on any atom is -0.478 e. The summed E-state index contributed by atoms with van der Waals surface area (Å²) < 4.78 is 0. The fraction of sp³-hybridized carbons (Fsp3) is 0.0526. The van der Waals surface area contributed by atoms with Crippen LogP contribution in [0.25, 0.3) is 33.7 Å². The summed E-state index contributed by atoms with van der Waals surface area (Å²) in [7, 11) is 0. The number of aromatic nitrogens is 4.